The van der Waals surface area contributed by atoms with Crippen molar-refractivity contribution < 1.29 is 33.9 Å². The van der Waals surface area contributed by atoms with Gasteiger partial charge in [0.15, 0.2) is 17.5 Å². The largest absolute Gasteiger partial charge is 0.507 e. The van der Waals surface area contributed by atoms with Crippen LogP contribution >= 0.6 is 0 Å². The van der Waals surface area contributed by atoms with Gasteiger partial charge < -0.3 is 39.6 Å². The molecular weight excluding hydrogens is 528 g/mol. The zero-order valence-corrected chi connectivity index (χ0v) is 22.9. The molecule has 0 saturated carbocycles. The van der Waals surface area contributed by atoms with Gasteiger partial charge in [-0.05, 0) is 48.5 Å². The first-order chi connectivity index (χ1) is 20.1. The van der Waals surface area contributed by atoms with E-state index in [0.29, 0.717) is 81.2 Å². The van der Waals surface area contributed by atoms with Crippen molar-refractivity contribution >= 4 is 0 Å². The molecule has 216 valence electrons. The van der Waals surface area contributed by atoms with Gasteiger partial charge in [0.05, 0.1) is 57.9 Å². The van der Waals surface area contributed by atoms with Crippen LogP contribution in [0.15, 0.2) is 66.7 Å². The number of hydrogen-bond donors (Lipinski definition) is 3. The van der Waals surface area contributed by atoms with Crippen molar-refractivity contribution in [3.8, 4) is 57.2 Å². The third-order valence-corrected chi connectivity index (χ3v) is 5.84. The average molecular weight is 563 g/mol. The van der Waals surface area contributed by atoms with E-state index in [9.17, 15) is 10.2 Å². The smallest absolute Gasteiger partial charge is 0.167 e. The Labute approximate surface area is 238 Å². The van der Waals surface area contributed by atoms with Gasteiger partial charge in [-0.25, -0.2) is 15.0 Å². The molecular formula is C30H34N4O7. The molecule has 0 bridgehead atoms. The second-order valence-corrected chi connectivity index (χ2v) is 8.71. The zero-order valence-electron chi connectivity index (χ0n) is 22.9. The summed E-state index contributed by atoms with van der Waals surface area (Å²) in [6, 6.07) is 18.9. The molecule has 4 aromatic rings. The highest BCUT2D eigenvalue weighted by molar-refractivity contribution is 5.72. The van der Waals surface area contributed by atoms with E-state index < -0.39 is 0 Å². The Hall–Kier alpha value is -4.29. The number of benzene rings is 3. The molecule has 0 atom stereocenters. The van der Waals surface area contributed by atoms with Gasteiger partial charge in [0, 0.05) is 18.2 Å². The molecule has 0 saturated heterocycles. The number of aromatic nitrogens is 3. The third kappa shape index (κ3) is 8.60. The standard InChI is InChI=1S/C30H34N4O7/c1-37-22-8-6-21(7-9-22)28-32-29(24-4-2-3-5-26(24)35)34-30(33-28)25-11-10-23(20-27(25)36)41-19-18-40-17-16-39-15-14-38-13-12-31/h2-11,20,35-36H,12-19,31H2,1H3. The van der Waals surface area contributed by atoms with Crippen LogP contribution in [0.4, 0.5) is 0 Å². The van der Waals surface area contributed by atoms with Crippen LogP contribution in [0.3, 0.4) is 0 Å². The lowest BCUT2D eigenvalue weighted by Gasteiger charge is -2.12. The third-order valence-electron chi connectivity index (χ3n) is 5.84. The van der Waals surface area contributed by atoms with Gasteiger partial charge >= 0.3 is 0 Å². The van der Waals surface area contributed by atoms with E-state index in [2.05, 4.69) is 15.0 Å². The maximum atomic E-state index is 10.9. The number of phenols is 2. The second-order valence-electron chi connectivity index (χ2n) is 8.71. The lowest BCUT2D eigenvalue weighted by atomic mass is 10.1. The molecule has 4 N–H and O–H groups in total. The van der Waals surface area contributed by atoms with Gasteiger partial charge in [0.2, 0.25) is 0 Å². The summed E-state index contributed by atoms with van der Waals surface area (Å²) in [6.07, 6.45) is 0. The van der Waals surface area contributed by atoms with Crippen molar-refractivity contribution in [1.82, 2.24) is 15.0 Å². The van der Waals surface area contributed by atoms with E-state index in [1.807, 2.05) is 12.1 Å². The first-order valence-electron chi connectivity index (χ1n) is 13.2. The SMILES string of the molecule is COc1ccc(-c2nc(-c3ccccc3O)nc(-c3ccc(OCCOCCOCCOCCN)cc3O)n2)cc1. The minimum Gasteiger partial charge on any atom is -0.507 e. The number of nitrogens with two attached hydrogens (primary N) is 1. The molecule has 11 nitrogen and oxygen atoms in total. The van der Waals surface area contributed by atoms with Crippen molar-refractivity contribution in [2.24, 2.45) is 5.73 Å². The number of hydrogen-bond acceptors (Lipinski definition) is 11. The molecule has 0 fully saturated rings. The maximum Gasteiger partial charge on any atom is 0.167 e. The zero-order chi connectivity index (χ0) is 28.9. The molecule has 3 aromatic carbocycles. The highest BCUT2D eigenvalue weighted by Crippen LogP contribution is 2.34. The summed E-state index contributed by atoms with van der Waals surface area (Å²) in [7, 11) is 1.59. The van der Waals surface area contributed by atoms with Crippen LogP contribution in [-0.2, 0) is 14.2 Å². The minimum absolute atomic E-state index is 0.0311. The van der Waals surface area contributed by atoms with Crippen molar-refractivity contribution in [2.75, 3.05) is 59.9 Å². The summed E-state index contributed by atoms with van der Waals surface area (Å²) in [5.74, 6) is 2.01. The van der Waals surface area contributed by atoms with Gasteiger partial charge in [-0.15, -0.1) is 0 Å². The van der Waals surface area contributed by atoms with E-state index in [0.717, 1.165) is 5.56 Å². The van der Waals surface area contributed by atoms with Crippen LogP contribution < -0.4 is 15.2 Å². The van der Waals surface area contributed by atoms with Gasteiger partial charge in [-0.2, -0.15) is 0 Å². The summed E-state index contributed by atoms with van der Waals surface area (Å²) in [5, 5.41) is 21.3. The van der Waals surface area contributed by atoms with Crippen LogP contribution in [0.25, 0.3) is 34.2 Å². The van der Waals surface area contributed by atoms with E-state index in [1.165, 1.54) is 6.07 Å². The fourth-order valence-corrected chi connectivity index (χ4v) is 3.78. The highest BCUT2D eigenvalue weighted by Gasteiger charge is 2.17. The van der Waals surface area contributed by atoms with Gasteiger partial charge in [0.25, 0.3) is 0 Å². The average Bonchev–Trinajstić information content (AvgIpc) is 3.00. The molecule has 0 radical (unpaired) electrons. The molecule has 4 rings (SSSR count). The number of phenolic OH excluding ortho intramolecular Hbond substituents is 2. The summed E-state index contributed by atoms with van der Waals surface area (Å²) < 4.78 is 27.1. The van der Waals surface area contributed by atoms with E-state index in [-0.39, 0.29) is 23.1 Å². The van der Waals surface area contributed by atoms with Crippen LogP contribution in [0.2, 0.25) is 0 Å². The monoisotopic (exact) mass is 562 g/mol. The quantitative estimate of drug-likeness (QED) is 0.172. The topological polar surface area (TPSA) is 151 Å². The van der Waals surface area contributed by atoms with Crippen LogP contribution in [-0.4, -0.2) is 85.1 Å². The summed E-state index contributed by atoms with van der Waals surface area (Å²) in [4.78, 5) is 13.8. The number of para-hydroxylation sites is 1. The fraction of sp³-hybridized carbons (Fsp3) is 0.300. The molecule has 0 aliphatic heterocycles. The lowest BCUT2D eigenvalue weighted by molar-refractivity contribution is 0.0106. The Morgan fingerprint density at radius 2 is 1.17 bits per heavy atom. The molecule has 1 aromatic heterocycles. The second kappa shape index (κ2) is 15.5. The molecule has 0 spiro atoms. The molecule has 41 heavy (non-hydrogen) atoms. The number of ether oxygens (including phenoxy) is 5. The lowest BCUT2D eigenvalue weighted by Crippen LogP contribution is -2.14. The predicted octanol–water partition coefficient (Wildman–Crippen LogP) is 3.68. The van der Waals surface area contributed by atoms with Crippen LogP contribution in [0, 0.1) is 0 Å². The summed E-state index contributed by atoms with van der Waals surface area (Å²) >= 11 is 0. The van der Waals surface area contributed by atoms with Gasteiger partial charge in [0.1, 0.15) is 29.6 Å². The Kier molecular flexibility index (Phi) is 11.2. The molecule has 0 aliphatic rings. The highest BCUT2D eigenvalue weighted by atomic mass is 16.6. The number of nitrogens with zero attached hydrogens (tertiary/aromatic N) is 3. The first-order valence-corrected chi connectivity index (χ1v) is 13.2. The van der Waals surface area contributed by atoms with Crippen molar-refractivity contribution in [3.63, 3.8) is 0 Å². The normalized spacial score (nSPS) is 11.0. The molecule has 0 aliphatic carbocycles. The van der Waals surface area contributed by atoms with Crippen LogP contribution in [0.5, 0.6) is 23.0 Å². The summed E-state index contributed by atoms with van der Waals surface area (Å²) in [6.45, 7) is 3.54. The van der Waals surface area contributed by atoms with E-state index in [4.69, 9.17) is 29.4 Å². The summed E-state index contributed by atoms with van der Waals surface area (Å²) in [5.41, 5.74) is 6.90. The molecule has 1 heterocycles. The van der Waals surface area contributed by atoms with Crippen molar-refractivity contribution in [2.45, 2.75) is 0 Å². The van der Waals surface area contributed by atoms with Crippen LogP contribution in [0.1, 0.15) is 0 Å². The molecule has 0 unspecified atom stereocenters. The predicted molar refractivity (Wildman–Crippen MR) is 153 cm³/mol. The van der Waals surface area contributed by atoms with Gasteiger partial charge in [-0.3, -0.25) is 0 Å². The Morgan fingerprint density at radius 3 is 1.78 bits per heavy atom. The Bertz CT molecular complexity index is 1390. The first kappa shape index (κ1) is 29.7. The van der Waals surface area contributed by atoms with Gasteiger partial charge in [-0.1, -0.05) is 12.1 Å². The van der Waals surface area contributed by atoms with Crippen molar-refractivity contribution in [1.29, 1.82) is 0 Å². The molecule has 0 amide bonds. The fourth-order valence-electron chi connectivity index (χ4n) is 3.78. The van der Waals surface area contributed by atoms with E-state index >= 15 is 0 Å². The molecule has 11 heteroatoms. The number of aromatic hydroxyl groups is 2. The Balaban J connectivity index is 1.43. The Morgan fingerprint density at radius 1 is 0.610 bits per heavy atom. The number of methoxy groups -OCH3 is 1. The number of rotatable bonds is 16. The van der Waals surface area contributed by atoms with E-state index in [1.54, 1.807) is 55.6 Å². The maximum absolute atomic E-state index is 10.9. The minimum atomic E-state index is -0.0659. The van der Waals surface area contributed by atoms with Crippen molar-refractivity contribution in [3.05, 3.63) is 66.7 Å².